The van der Waals surface area contributed by atoms with Crippen molar-refractivity contribution < 1.29 is 19.4 Å². The molecule has 132 valence electrons. The molecule has 0 spiro atoms. The van der Waals surface area contributed by atoms with Gasteiger partial charge in [-0.1, -0.05) is 57.6 Å². The summed E-state index contributed by atoms with van der Waals surface area (Å²) in [6.07, 6.45) is 3.96. The Morgan fingerprint density at radius 3 is 2.30 bits per heavy atom. The van der Waals surface area contributed by atoms with Crippen LogP contribution in [0.15, 0.2) is 35.5 Å². The summed E-state index contributed by atoms with van der Waals surface area (Å²) in [5.41, 5.74) is 2.92. The number of hydrogen-bond acceptors (Lipinski definition) is 3. The van der Waals surface area contributed by atoms with E-state index >= 15 is 0 Å². The van der Waals surface area contributed by atoms with E-state index in [0.29, 0.717) is 5.57 Å². The standard InChI is InChI=1S/C19H32O4/c1-13(11-19(5,6)7)9-15(3)18(23-12-22-8)16(4)14(2)10-17(20)21/h9,11,16,18H,2,10,12H2,1,3-8H3,(H,20,21)/b13-11+,15-9+/t16-,18-/m1/s1. The first-order valence-electron chi connectivity index (χ1n) is 7.85. The van der Waals surface area contributed by atoms with Gasteiger partial charge in [-0.2, -0.15) is 0 Å². The molecule has 0 saturated carbocycles. The van der Waals surface area contributed by atoms with E-state index < -0.39 is 5.97 Å². The van der Waals surface area contributed by atoms with Gasteiger partial charge in [0.1, 0.15) is 6.79 Å². The van der Waals surface area contributed by atoms with Crippen molar-refractivity contribution in [3.63, 3.8) is 0 Å². The number of ether oxygens (including phenoxy) is 2. The summed E-state index contributed by atoms with van der Waals surface area (Å²) in [6.45, 7) is 16.5. The van der Waals surface area contributed by atoms with Gasteiger partial charge in [0.05, 0.1) is 12.5 Å². The Bertz CT molecular complexity index is 466. The minimum absolute atomic E-state index is 0.0574. The molecule has 0 aromatic heterocycles. The third kappa shape index (κ3) is 9.36. The van der Waals surface area contributed by atoms with E-state index in [-0.39, 0.29) is 30.7 Å². The molecule has 0 aliphatic heterocycles. The van der Waals surface area contributed by atoms with E-state index in [1.165, 1.54) is 0 Å². The van der Waals surface area contributed by atoms with Gasteiger partial charge in [0.2, 0.25) is 0 Å². The number of carbonyl (C=O) groups is 1. The van der Waals surface area contributed by atoms with E-state index in [9.17, 15) is 4.79 Å². The second-order valence-electron chi connectivity index (χ2n) is 7.15. The fourth-order valence-electron chi connectivity index (χ4n) is 2.55. The third-order valence-electron chi connectivity index (χ3n) is 3.41. The van der Waals surface area contributed by atoms with Crippen molar-refractivity contribution in [1.82, 2.24) is 0 Å². The van der Waals surface area contributed by atoms with E-state index in [4.69, 9.17) is 14.6 Å². The number of carboxylic acid groups (broad SMARTS) is 1. The molecule has 4 nitrogen and oxygen atoms in total. The van der Waals surface area contributed by atoms with Crippen LogP contribution in [0.25, 0.3) is 0 Å². The monoisotopic (exact) mass is 324 g/mol. The minimum Gasteiger partial charge on any atom is -0.481 e. The van der Waals surface area contributed by atoms with Crippen LogP contribution in [0.5, 0.6) is 0 Å². The van der Waals surface area contributed by atoms with Crippen LogP contribution < -0.4 is 0 Å². The highest BCUT2D eigenvalue weighted by molar-refractivity contribution is 5.70. The molecule has 0 amide bonds. The normalized spacial score (nSPS) is 16.1. The van der Waals surface area contributed by atoms with Crippen LogP contribution in [0.2, 0.25) is 0 Å². The summed E-state index contributed by atoms with van der Waals surface area (Å²) in [6, 6.07) is 0. The van der Waals surface area contributed by atoms with E-state index in [2.05, 4.69) is 46.4 Å². The molecular weight excluding hydrogens is 292 g/mol. The predicted octanol–water partition coefficient (Wildman–Crippen LogP) is 4.58. The number of allylic oxidation sites excluding steroid dienone is 3. The summed E-state index contributed by atoms with van der Waals surface area (Å²) < 4.78 is 10.8. The Hall–Kier alpha value is -1.39. The Morgan fingerprint density at radius 1 is 1.30 bits per heavy atom. The largest absolute Gasteiger partial charge is 0.481 e. The van der Waals surface area contributed by atoms with Crippen molar-refractivity contribution in [3.8, 4) is 0 Å². The summed E-state index contributed by atoms with van der Waals surface area (Å²) in [5, 5.41) is 8.95. The summed E-state index contributed by atoms with van der Waals surface area (Å²) >= 11 is 0. The van der Waals surface area contributed by atoms with Crippen LogP contribution >= 0.6 is 0 Å². The summed E-state index contributed by atoms with van der Waals surface area (Å²) in [4.78, 5) is 10.9. The zero-order valence-electron chi connectivity index (χ0n) is 15.6. The molecule has 0 aliphatic carbocycles. The molecular formula is C19H32O4. The van der Waals surface area contributed by atoms with Crippen molar-refractivity contribution in [3.05, 3.63) is 35.5 Å². The van der Waals surface area contributed by atoms with Gasteiger partial charge in [-0.15, -0.1) is 0 Å². The number of aliphatic carboxylic acids is 1. The molecule has 2 atom stereocenters. The van der Waals surface area contributed by atoms with Crippen LogP contribution in [0, 0.1) is 11.3 Å². The molecule has 0 saturated heterocycles. The van der Waals surface area contributed by atoms with Gasteiger partial charge in [0.25, 0.3) is 0 Å². The van der Waals surface area contributed by atoms with Crippen molar-refractivity contribution in [2.24, 2.45) is 11.3 Å². The van der Waals surface area contributed by atoms with Crippen molar-refractivity contribution in [1.29, 1.82) is 0 Å². The fraction of sp³-hybridized carbons (Fsp3) is 0.632. The summed E-state index contributed by atoms with van der Waals surface area (Å²) in [7, 11) is 1.57. The lowest BCUT2D eigenvalue weighted by Gasteiger charge is -2.26. The first kappa shape index (κ1) is 21.6. The van der Waals surface area contributed by atoms with Gasteiger partial charge in [-0.05, 0) is 24.8 Å². The lowest BCUT2D eigenvalue weighted by atomic mass is 9.88. The van der Waals surface area contributed by atoms with E-state index in [0.717, 1.165) is 11.1 Å². The molecule has 0 aliphatic rings. The predicted molar refractivity (Wildman–Crippen MR) is 94.3 cm³/mol. The average Bonchev–Trinajstić information content (AvgIpc) is 2.35. The van der Waals surface area contributed by atoms with E-state index in [1.54, 1.807) is 7.11 Å². The fourth-order valence-corrected chi connectivity index (χ4v) is 2.55. The van der Waals surface area contributed by atoms with Gasteiger partial charge in [-0.25, -0.2) is 0 Å². The summed E-state index contributed by atoms with van der Waals surface area (Å²) in [5.74, 6) is -0.988. The molecule has 0 heterocycles. The maximum Gasteiger partial charge on any atom is 0.307 e. The lowest BCUT2D eigenvalue weighted by molar-refractivity contribution is -0.136. The van der Waals surface area contributed by atoms with Gasteiger partial charge >= 0.3 is 5.97 Å². The number of rotatable bonds is 9. The second-order valence-corrected chi connectivity index (χ2v) is 7.15. The van der Waals surface area contributed by atoms with Crippen LogP contribution in [-0.4, -0.2) is 31.1 Å². The van der Waals surface area contributed by atoms with Crippen LogP contribution in [-0.2, 0) is 14.3 Å². The van der Waals surface area contributed by atoms with Crippen molar-refractivity contribution >= 4 is 5.97 Å². The maximum absolute atomic E-state index is 10.9. The number of hydrogen-bond donors (Lipinski definition) is 1. The molecule has 0 aromatic carbocycles. The van der Waals surface area contributed by atoms with Crippen LogP contribution in [0.3, 0.4) is 0 Å². The molecule has 4 heteroatoms. The molecule has 0 aromatic rings. The van der Waals surface area contributed by atoms with Gasteiger partial charge in [-0.3, -0.25) is 4.79 Å². The second kappa shape index (κ2) is 9.68. The van der Waals surface area contributed by atoms with Gasteiger partial charge in [0.15, 0.2) is 0 Å². The topological polar surface area (TPSA) is 55.8 Å². The highest BCUT2D eigenvalue weighted by Crippen LogP contribution is 2.26. The van der Waals surface area contributed by atoms with E-state index in [1.807, 2.05) is 13.8 Å². The average molecular weight is 324 g/mol. The zero-order chi connectivity index (χ0) is 18.2. The van der Waals surface area contributed by atoms with Gasteiger partial charge in [0, 0.05) is 13.0 Å². The molecule has 0 fully saturated rings. The van der Waals surface area contributed by atoms with Crippen molar-refractivity contribution in [2.45, 2.75) is 54.1 Å². The van der Waals surface area contributed by atoms with Crippen LogP contribution in [0.4, 0.5) is 0 Å². The highest BCUT2D eigenvalue weighted by Gasteiger charge is 2.23. The first-order valence-corrected chi connectivity index (χ1v) is 7.85. The molecule has 1 N–H and O–H groups in total. The number of methoxy groups -OCH3 is 1. The number of carboxylic acids is 1. The van der Waals surface area contributed by atoms with Crippen molar-refractivity contribution in [2.75, 3.05) is 13.9 Å². The van der Waals surface area contributed by atoms with Gasteiger partial charge < -0.3 is 14.6 Å². The minimum atomic E-state index is -0.877. The molecule has 0 radical (unpaired) electrons. The Balaban J connectivity index is 5.33. The van der Waals surface area contributed by atoms with Crippen LogP contribution in [0.1, 0.15) is 48.0 Å². The maximum atomic E-state index is 10.9. The molecule has 0 unspecified atom stereocenters. The first-order chi connectivity index (χ1) is 10.5. The SMILES string of the molecule is C=C(CC(=O)O)[C@@H](C)[C@H](OCOC)/C(C)=C/C(C)=C/C(C)(C)C. The molecule has 0 bridgehead atoms. The molecule has 0 rings (SSSR count). The third-order valence-corrected chi connectivity index (χ3v) is 3.41. The highest BCUT2D eigenvalue weighted by atomic mass is 16.7. The molecule has 23 heavy (non-hydrogen) atoms. The smallest absolute Gasteiger partial charge is 0.307 e. The lowest BCUT2D eigenvalue weighted by Crippen LogP contribution is -2.26. The Morgan fingerprint density at radius 2 is 1.87 bits per heavy atom. The Kier molecular flexibility index (Phi) is 9.10. The quantitative estimate of drug-likeness (QED) is 0.383. The Labute approximate surface area is 140 Å². The zero-order valence-corrected chi connectivity index (χ0v) is 15.6.